The van der Waals surface area contributed by atoms with Crippen molar-refractivity contribution in [3.8, 4) is 22.8 Å². The summed E-state index contributed by atoms with van der Waals surface area (Å²) in [7, 11) is 3.21. The van der Waals surface area contributed by atoms with E-state index in [0.717, 1.165) is 16.9 Å². The first-order valence-corrected chi connectivity index (χ1v) is 11.6. The monoisotopic (exact) mass is 501 g/mol. The van der Waals surface area contributed by atoms with Crippen LogP contribution in [0.4, 0.5) is 5.69 Å². The first-order chi connectivity index (χ1) is 17.5. The zero-order valence-electron chi connectivity index (χ0n) is 19.5. The maximum atomic E-state index is 11.2. The van der Waals surface area contributed by atoms with Crippen LogP contribution >= 0.6 is 12.2 Å². The van der Waals surface area contributed by atoms with Crippen molar-refractivity contribution in [2.75, 3.05) is 19.1 Å². The van der Waals surface area contributed by atoms with E-state index in [1.54, 1.807) is 44.7 Å². The fourth-order valence-electron chi connectivity index (χ4n) is 4.33. The molecule has 0 aliphatic carbocycles. The van der Waals surface area contributed by atoms with Crippen molar-refractivity contribution in [3.05, 3.63) is 96.0 Å². The van der Waals surface area contributed by atoms with Crippen molar-refractivity contribution in [2.24, 2.45) is 0 Å². The molecule has 0 saturated carbocycles. The topological polar surface area (TPSA) is 97.1 Å². The summed E-state index contributed by atoms with van der Waals surface area (Å²) in [5.74, 6) is 1.57. The molecule has 182 valence electrons. The van der Waals surface area contributed by atoms with Gasteiger partial charge in [-0.25, -0.2) is 4.79 Å². The van der Waals surface area contributed by atoms with Gasteiger partial charge in [-0.1, -0.05) is 18.2 Å². The van der Waals surface area contributed by atoms with Gasteiger partial charge in [0.25, 0.3) is 0 Å². The maximum absolute atomic E-state index is 11.2. The number of benzene rings is 2. The number of anilines is 1. The first kappa shape index (κ1) is 23.4. The molecule has 5 rings (SSSR count). The number of nitrogens with zero attached hydrogens (tertiary/aromatic N) is 2. The number of furan rings is 1. The molecule has 9 heteroatoms. The van der Waals surface area contributed by atoms with Crippen LogP contribution in [0, 0.1) is 0 Å². The summed E-state index contributed by atoms with van der Waals surface area (Å²) in [6, 6.07) is 20.9. The maximum Gasteiger partial charge on any atom is 0.335 e. The summed E-state index contributed by atoms with van der Waals surface area (Å²) in [5.41, 5.74) is 2.50. The molecule has 1 saturated heterocycles. The Morgan fingerprint density at radius 3 is 2.53 bits per heavy atom. The molecular formula is C27H23N3O5S. The number of thiocarbonyl (C=S) groups is 1. The highest BCUT2D eigenvalue weighted by atomic mass is 32.1. The van der Waals surface area contributed by atoms with E-state index >= 15 is 0 Å². The van der Waals surface area contributed by atoms with Gasteiger partial charge in [0, 0.05) is 17.8 Å². The van der Waals surface area contributed by atoms with E-state index in [-0.39, 0.29) is 17.6 Å². The molecule has 0 spiro atoms. The zero-order chi connectivity index (χ0) is 25.2. The fraction of sp³-hybridized carbons (Fsp3) is 0.148. The largest absolute Gasteiger partial charge is 0.497 e. The Kier molecular flexibility index (Phi) is 6.30. The van der Waals surface area contributed by atoms with Crippen LogP contribution in [0.25, 0.3) is 11.3 Å². The molecule has 2 aromatic heterocycles. The van der Waals surface area contributed by atoms with Gasteiger partial charge in [0.15, 0.2) is 5.11 Å². The van der Waals surface area contributed by atoms with Crippen molar-refractivity contribution in [1.29, 1.82) is 0 Å². The second kappa shape index (κ2) is 9.71. The number of nitrogens with one attached hydrogen (secondary N) is 1. The van der Waals surface area contributed by atoms with E-state index < -0.39 is 5.97 Å². The lowest BCUT2D eigenvalue weighted by atomic mass is 10.0. The molecular weight excluding hydrogens is 478 g/mol. The average molecular weight is 502 g/mol. The Morgan fingerprint density at radius 2 is 1.86 bits per heavy atom. The van der Waals surface area contributed by atoms with Gasteiger partial charge >= 0.3 is 5.97 Å². The van der Waals surface area contributed by atoms with E-state index in [2.05, 4.69) is 10.3 Å². The van der Waals surface area contributed by atoms with Gasteiger partial charge in [0.2, 0.25) is 0 Å². The summed E-state index contributed by atoms with van der Waals surface area (Å²) in [5, 5.41) is 13.1. The zero-order valence-corrected chi connectivity index (χ0v) is 20.4. The number of aromatic nitrogens is 1. The summed E-state index contributed by atoms with van der Waals surface area (Å²) < 4.78 is 17.5. The second-order valence-electron chi connectivity index (χ2n) is 8.12. The Labute approximate surface area is 213 Å². The number of pyridine rings is 1. The highest BCUT2D eigenvalue weighted by Gasteiger charge is 2.43. The molecule has 3 heterocycles. The summed E-state index contributed by atoms with van der Waals surface area (Å²) in [4.78, 5) is 17.7. The number of aromatic carboxylic acids is 1. The van der Waals surface area contributed by atoms with E-state index in [1.165, 1.54) is 0 Å². The van der Waals surface area contributed by atoms with Crippen molar-refractivity contribution in [1.82, 2.24) is 10.3 Å². The van der Waals surface area contributed by atoms with Gasteiger partial charge < -0.3 is 29.2 Å². The van der Waals surface area contributed by atoms with Crippen molar-refractivity contribution in [3.63, 3.8) is 0 Å². The predicted molar refractivity (Wildman–Crippen MR) is 139 cm³/mol. The Hall–Kier alpha value is -4.37. The van der Waals surface area contributed by atoms with E-state index in [4.69, 9.17) is 26.1 Å². The van der Waals surface area contributed by atoms with Crippen LogP contribution in [0.3, 0.4) is 0 Å². The molecule has 36 heavy (non-hydrogen) atoms. The Morgan fingerprint density at radius 1 is 1.06 bits per heavy atom. The van der Waals surface area contributed by atoms with Gasteiger partial charge in [-0.3, -0.25) is 4.98 Å². The average Bonchev–Trinajstić information content (AvgIpc) is 3.53. The van der Waals surface area contributed by atoms with Crippen LogP contribution in [0.5, 0.6) is 11.5 Å². The predicted octanol–water partition coefficient (Wildman–Crippen LogP) is 5.23. The van der Waals surface area contributed by atoms with Crippen LogP contribution in [0.15, 0.2) is 83.4 Å². The number of carbonyl (C=O) groups is 1. The minimum absolute atomic E-state index is 0.211. The van der Waals surface area contributed by atoms with Crippen LogP contribution in [-0.4, -0.2) is 35.4 Å². The molecule has 0 radical (unpaired) electrons. The van der Waals surface area contributed by atoms with Gasteiger partial charge in [0.05, 0.1) is 37.2 Å². The molecule has 8 nitrogen and oxygen atoms in total. The quantitative estimate of drug-likeness (QED) is 0.330. The lowest BCUT2D eigenvalue weighted by molar-refractivity contribution is 0.0697. The third-order valence-electron chi connectivity index (χ3n) is 6.08. The third-order valence-corrected chi connectivity index (χ3v) is 6.39. The molecule has 2 aromatic carbocycles. The number of hydrogen-bond acceptors (Lipinski definition) is 6. The minimum Gasteiger partial charge on any atom is -0.497 e. The number of carboxylic acid groups (broad SMARTS) is 1. The number of hydrogen-bond donors (Lipinski definition) is 2. The normalized spacial score (nSPS) is 17.1. The summed E-state index contributed by atoms with van der Waals surface area (Å²) >= 11 is 5.80. The molecule has 0 amide bonds. The molecule has 1 aliphatic heterocycles. The molecule has 1 aliphatic rings. The number of rotatable bonds is 7. The Balaban J connectivity index is 1.61. The number of ether oxygens (including phenoxy) is 2. The molecule has 1 fully saturated rings. The van der Waals surface area contributed by atoms with E-state index in [9.17, 15) is 9.90 Å². The van der Waals surface area contributed by atoms with Crippen LogP contribution in [0.2, 0.25) is 0 Å². The second-order valence-corrected chi connectivity index (χ2v) is 8.51. The van der Waals surface area contributed by atoms with Crippen LogP contribution in [-0.2, 0) is 0 Å². The van der Waals surface area contributed by atoms with Crippen LogP contribution in [0.1, 0.15) is 33.9 Å². The molecule has 0 unspecified atom stereocenters. The van der Waals surface area contributed by atoms with Crippen molar-refractivity contribution >= 4 is 29.0 Å². The standard InChI is InChI=1S/C27H23N3O5S/c1-33-18-10-11-22(34-2)20(15-18)30-25(24(29-27(30)36)19-5-3-4-14-28-19)23-13-12-21(35-23)16-6-8-17(9-7-16)26(31)32/h3-15,24-25H,1-2H3,(H,29,36)(H,31,32)/t24-,25-/m1/s1. The van der Waals surface area contributed by atoms with E-state index in [0.29, 0.717) is 28.1 Å². The highest BCUT2D eigenvalue weighted by molar-refractivity contribution is 7.80. The van der Waals surface area contributed by atoms with Crippen molar-refractivity contribution < 1.29 is 23.8 Å². The first-order valence-electron chi connectivity index (χ1n) is 11.2. The molecule has 2 atom stereocenters. The minimum atomic E-state index is -0.978. The van der Waals surface area contributed by atoms with E-state index in [1.807, 2.05) is 53.4 Å². The number of carboxylic acids is 1. The SMILES string of the molecule is COc1ccc(OC)c(N2C(=S)N[C@H](c3ccccn3)[C@H]2c2ccc(-c3ccc(C(=O)O)cc3)o2)c1. The lowest BCUT2D eigenvalue weighted by Gasteiger charge is -2.27. The lowest BCUT2D eigenvalue weighted by Crippen LogP contribution is -2.29. The Bertz CT molecular complexity index is 1400. The molecule has 0 bridgehead atoms. The van der Waals surface area contributed by atoms with Gasteiger partial charge in [-0.05, 0) is 60.7 Å². The van der Waals surface area contributed by atoms with Gasteiger partial charge in [-0.2, -0.15) is 0 Å². The summed E-state index contributed by atoms with van der Waals surface area (Å²) in [6.45, 7) is 0. The van der Waals surface area contributed by atoms with Crippen LogP contribution < -0.4 is 19.7 Å². The van der Waals surface area contributed by atoms with Gasteiger partial charge in [0.1, 0.15) is 29.1 Å². The molecule has 4 aromatic rings. The third kappa shape index (κ3) is 4.25. The smallest absolute Gasteiger partial charge is 0.335 e. The highest BCUT2D eigenvalue weighted by Crippen LogP contribution is 2.46. The molecule has 2 N–H and O–H groups in total. The fourth-order valence-corrected chi connectivity index (χ4v) is 4.67. The summed E-state index contributed by atoms with van der Waals surface area (Å²) in [6.07, 6.45) is 1.74. The number of methoxy groups -OCH3 is 2. The van der Waals surface area contributed by atoms with Crippen molar-refractivity contribution in [2.45, 2.75) is 12.1 Å². The van der Waals surface area contributed by atoms with Gasteiger partial charge in [-0.15, -0.1) is 0 Å².